The third kappa shape index (κ3) is 16.2. The summed E-state index contributed by atoms with van der Waals surface area (Å²) in [6.45, 7) is 14.3. The monoisotopic (exact) mass is 170 g/mol. The molecule has 0 fully saturated rings. The van der Waals surface area contributed by atoms with Gasteiger partial charge < -0.3 is 0 Å². The van der Waals surface area contributed by atoms with Crippen LogP contribution in [-0.4, -0.2) is 0 Å². The van der Waals surface area contributed by atoms with Gasteiger partial charge in [0.15, 0.2) is 0 Å². The quantitative estimate of drug-likeness (QED) is 0.513. The first-order valence-electron chi connectivity index (χ1n) is 5.13. The predicted molar refractivity (Wildman–Crippen MR) is 61.6 cm³/mol. The Balaban J connectivity index is -0.000000175. The Morgan fingerprint density at radius 1 is 1.00 bits per heavy atom. The highest BCUT2D eigenvalue weighted by Crippen LogP contribution is 2.00. The van der Waals surface area contributed by atoms with Crippen molar-refractivity contribution in [1.29, 1.82) is 0 Å². The highest BCUT2D eigenvalue weighted by molar-refractivity contribution is 5.16. The average Bonchev–Trinajstić information content (AvgIpc) is 2.20. The molecule has 0 aromatic heterocycles. The van der Waals surface area contributed by atoms with E-state index < -0.39 is 0 Å². The van der Waals surface area contributed by atoms with Gasteiger partial charge in [0, 0.05) is 0 Å². The van der Waals surface area contributed by atoms with E-state index in [1.165, 1.54) is 5.57 Å². The number of hydrogen-bond acceptors (Lipinski definition) is 0. The van der Waals surface area contributed by atoms with Crippen molar-refractivity contribution in [3.63, 3.8) is 0 Å². The Morgan fingerprint density at radius 3 is 1.50 bits per heavy atom. The largest absolute Gasteiger partial charge is 0.0874 e. The summed E-state index contributed by atoms with van der Waals surface area (Å²) in [5.41, 5.74) is 1.41. The van der Waals surface area contributed by atoms with E-state index in [2.05, 4.69) is 32.1 Å². The van der Waals surface area contributed by atoms with Gasteiger partial charge >= 0.3 is 0 Å². The number of hydrogen-bond donors (Lipinski definition) is 0. The van der Waals surface area contributed by atoms with Gasteiger partial charge in [-0.3, -0.25) is 0 Å². The maximum absolute atomic E-state index is 2.16. The van der Waals surface area contributed by atoms with Crippen molar-refractivity contribution < 1.29 is 0 Å². The van der Waals surface area contributed by atoms with E-state index in [1.807, 2.05) is 34.6 Å². The lowest BCUT2D eigenvalue weighted by atomic mass is 10.2. The molecule has 0 aromatic carbocycles. The van der Waals surface area contributed by atoms with Gasteiger partial charge in [-0.2, -0.15) is 0 Å². The molecule has 0 nitrogen and oxygen atoms in total. The highest BCUT2D eigenvalue weighted by Gasteiger charge is 1.79. The zero-order valence-electron chi connectivity index (χ0n) is 9.94. The van der Waals surface area contributed by atoms with Gasteiger partial charge in [0.25, 0.3) is 0 Å². The summed E-state index contributed by atoms with van der Waals surface area (Å²) in [7, 11) is 0. The van der Waals surface area contributed by atoms with Crippen molar-refractivity contribution in [3.8, 4) is 0 Å². The van der Waals surface area contributed by atoms with E-state index in [0.29, 0.717) is 0 Å². The second-order valence-corrected chi connectivity index (χ2v) is 1.72. The van der Waals surface area contributed by atoms with Crippen LogP contribution in [-0.2, 0) is 0 Å². The van der Waals surface area contributed by atoms with E-state index in [0.717, 1.165) is 6.42 Å². The van der Waals surface area contributed by atoms with Crippen LogP contribution in [0.25, 0.3) is 0 Å². The van der Waals surface area contributed by atoms with Crippen LogP contribution in [0.2, 0.25) is 0 Å². The summed E-state index contributed by atoms with van der Waals surface area (Å²) in [5, 5.41) is 0. The molecular formula is C12H26. The minimum Gasteiger partial charge on any atom is -0.0874 e. The SMILES string of the molecule is C/C=C\C(=C/C)CC.CC.CC. The van der Waals surface area contributed by atoms with E-state index in [1.54, 1.807) is 0 Å². The molecule has 0 rings (SSSR count). The fraction of sp³-hybridized carbons (Fsp3) is 0.667. The fourth-order valence-corrected chi connectivity index (χ4v) is 0.632. The maximum Gasteiger partial charge on any atom is -0.0311 e. The lowest BCUT2D eigenvalue weighted by Gasteiger charge is -1.90. The Morgan fingerprint density at radius 2 is 1.42 bits per heavy atom. The third-order valence-corrected chi connectivity index (χ3v) is 1.16. The Labute approximate surface area is 79.4 Å². The van der Waals surface area contributed by atoms with Crippen LogP contribution in [0.1, 0.15) is 54.9 Å². The third-order valence-electron chi connectivity index (χ3n) is 1.16. The van der Waals surface area contributed by atoms with Crippen molar-refractivity contribution in [2.24, 2.45) is 0 Å². The Bertz CT molecular complexity index is 93.9. The molecule has 0 aliphatic rings. The normalized spacial score (nSPS) is 9.75. The molecule has 0 unspecified atom stereocenters. The Hall–Kier alpha value is -0.520. The first kappa shape index (κ1) is 17.5. The minimum absolute atomic E-state index is 1.14. The molecule has 0 amide bonds. The van der Waals surface area contributed by atoms with Crippen LogP contribution in [0.15, 0.2) is 23.8 Å². The average molecular weight is 170 g/mol. The molecule has 0 aromatic rings. The van der Waals surface area contributed by atoms with Crippen molar-refractivity contribution in [1.82, 2.24) is 0 Å². The molecule has 0 heteroatoms. The van der Waals surface area contributed by atoms with Crippen LogP contribution in [0.5, 0.6) is 0 Å². The van der Waals surface area contributed by atoms with Crippen molar-refractivity contribution in [3.05, 3.63) is 23.8 Å². The minimum atomic E-state index is 1.14. The summed E-state index contributed by atoms with van der Waals surface area (Å²) in [5.74, 6) is 0. The summed E-state index contributed by atoms with van der Waals surface area (Å²) in [6, 6.07) is 0. The van der Waals surface area contributed by atoms with Crippen molar-refractivity contribution >= 4 is 0 Å². The maximum atomic E-state index is 2.16. The zero-order chi connectivity index (χ0) is 10.4. The molecule has 74 valence electrons. The molecule has 0 aliphatic heterocycles. The second-order valence-electron chi connectivity index (χ2n) is 1.72. The van der Waals surface area contributed by atoms with Gasteiger partial charge in [0.1, 0.15) is 0 Å². The zero-order valence-corrected chi connectivity index (χ0v) is 9.94. The van der Waals surface area contributed by atoms with Crippen LogP contribution < -0.4 is 0 Å². The van der Waals surface area contributed by atoms with E-state index >= 15 is 0 Å². The van der Waals surface area contributed by atoms with Gasteiger partial charge in [-0.25, -0.2) is 0 Å². The fourth-order valence-electron chi connectivity index (χ4n) is 0.632. The molecule has 0 saturated heterocycles. The van der Waals surface area contributed by atoms with E-state index in [9.17, 15) is 0 Å². The van der Waals surface area contributed by atoms with Gasteiger partial charge in [-0.05, 0) is 20.3 Å². The highest BCUT2D eigenvalue weighted by atomic mass is 13.9. The molecule has 0 radical (unpaired) electrons. The van der Waals surface area contributed by atoms with Crippen LogP contribution in [0.4, 0.5) is 0 Å². The lowest BCUT2D eigenvalue weighted by Crippen LogP contribution is -1.69. The molecule has 0 saturated carbocycles. The molecule has 0 bridgehead atoms. The number of allylic oxidation sites excluding steroid dienone is 4. The molecular weight excluding hydrogens is 144 g/mol. The lowest BCUT2D eigenvalue weighted by molar-refractivity contribution is 1.14. The molecule has 12 heavy (non-hydrogen) atoms. The van der Waals surface area contributed by atoms with Crippen molar-refractivity contribution in [2.75, 3.05) is 0 Å². The second kappa shape index (κ2) is 22.4. The van der Waals surface area contributed by atoms with Crippen molar-refractivity contribution in [2.45, 2.75) is 54.9 Å². The van der Waals surface area contributed by atoms with Gasteiger partial charge in [0.05, 0.1) is 0 Å². The molecule has 0 atom stereocenters. The predicted octanol–water partition coefficient (Wildman–Crippen LogP) is 4.97. The molecule has 0 aliphatic carbocycles. The topological polar surface area (TPSA) is 0 Å². The van der Waals surface area contributed by atoms with Gasteiger partial charge in [-0.15, -0.1) is 0 Å². The summed E-state index contributed by atoms with van der Waals surface area (Å²) < 4.78 is 0. The Kier molecular flexibility index (Phi) is 32.8. The summed E-state index contributed by atoms with van der Waals surface area (Å²) in [4.78, 5) is 0. The van der Waals surface area contributed by atoms with Crippen LogP contribution in [0, 0.1) is 0 Å². The van der Waals surface area contributed by atoms with E-state index in [4.69, 9.17) is 0 Å². The van der Waals surface area contributed by atoms with Crippen LogP contribution in [0.3, 0.4) is 0 Å². The first-order valence-corrected chi connectivity index (χ1v) is 5.13. The number of rotatable bonds is 2. The van der Waals surface area contributed by atoms with Gasteiger partial charge in [-0.1, -0.05) is 58.4 Å². The van der Waals surface area contributed by atoms with Gasteiger partial charge in [0.2, 0.25) is 0 Å². The smallest absolute Gasteiger partial charge is 0.0311 e. The van der Waals surface area contributed by atoms with E-state index in [-0.39, 0.29) is 0 Å². The van der Waals surface area contributed by atoms with Crippen LogP contribution >= 0.6 is 0 Å². The standard InChI is InChI=1S/C8H14.2C2H6/c1-4-7-8(5-2)6-3;2*1-2/h4-5,7H,6H2,1-3H3;2*1-2H3/b7-4-,8-5-;;. The summed E-state index contributed by atoms with van der Waals surface area (Å²) in [6.07, 6.45) is 7.49. The molecule has 0 N–H and O–H groups in total. The molecule has 0 spiro atoms. The first-order chi connectivity index (χ1) is 5.85. The molecule has 0 heterocycles. The summed E-state index contributed by atoms with van der Waals surface area (Å²) >= 11 is 0.